The first-order chi connectivity index (χ1) is 14.9. The average Bonchev–Trinajstić information content (AvgIpc) is 3.30. The zero-order chi connectivity index (χ0) is 22.1. The van der Waals surface area contributed by atoms with Crippen LogP contribution in [-0.4, -0.2) is 33.6 Å². The zero-order valence-corrected chi connectivity index (χ0v) is 18.3. The molecule has 1 N–H and O–H groups in total. The van der Waals surface area contributed by atoms with E-state index in [1.54, 1.807) is 55.5 Å². The van der Waals surface area contributed by atoms with Crippen LogP contribution in [-0.2, 0) is 9.59 Å². The van der Waals surface area contributed by atoms with E-state index < -0.39 is 17.7 Å². The van der Waals surface area contributed by atoms with Crippen LogP contribution in [0.25, 0.3) is 5.76 Å². The lowest BCUT2D eigenvalue weighted by Gasteiger charge is -2.22. The summed E-state index contributed by atoms with van der Waals surface area (Å²) in [6.07, 6.45) is 0. The summed E-state index contributed by atoms with van der Waals surface area (Å²) in [5.41, 5.74) is 0.988. The summed E-state index contributed by atoms with van der Waals surface area (Å²) in [7, 11) is 0. The van der Waals surface area contributed by atoms with Crippen molar-refractivity contribution in [2.45, 2.75) is 19.9 Å². The summed E-state index contributed by atoms with van der Waals surface area (Å²) >= 11 is 7.22. The number of carbonyl (C=O) groups is 2. The highest BCUT2D eigenvalue weighted by Gasteiger charge is 2.48. The van der Waals surface area contributed by atoms with Crippen LogP contribution in [0, 0.1) is 6.92 Å². The number of halogens is 1. The molecule has 2 aromatic carbocycles. The van der Waals surface area contributed by atoms with Crippen LogP contribution in [0.3, 0.4) is 0 Å². The monoisotopic (exact) mass is 455 g/mol. The highest BCUT2D eigenvalue weighted by molar-refractivity contribution is 7.15. The summed E-state index contributed by atoms with van der Waals surface area (Å²) in [6.45, 7) is 4.14. The Morgan fingerprint density at radius 3 is 2.39 bits per heavy atom. The Kier molecular flexibility index (Phi) is 5.75. The maximum Gasteiger partial charge on any atom is 0.301 e. The van der Waals surface area contributed by atoms with Crippen LogP contribution in [0.4, 0.5) is 5.13 Å². The predicted molar refractivity (Wildman–Crippen MR) is 118 cm³/mol. The third kappa shape index (κ3) is 3.92. The molecule has 31 heavy (non-hydrogen) atoms. The van der Waals surface area contributed by atoms with E-state index in [9.17, 15) is 14.7 Å². The van der Waals surface area contributed by atoms with Gasteiger partial charge in [0.05, 0.1) is 18.2 Å². The maximum absolute atomic E-state index is 13.0. The van der Waals surface area contributed by atoms with E-state index in [-0.39, 0.29) is 16.5 Å². The lowest BCUT2D eigenvalue weighted by atomic mass is 9.95. The van der Waals surface area contributed by atoms with Crippen molar-refractivity contribution in [1.29, 1.82) is 0 Å². The fourth-order valence-electron chi connectivity index (χ4n) is 3.40. The molecule has 1 amide bonds. The molecule has 158 valence electrons. The Balaban J connectivity index is 1.87. The van der Waals surface area contributed by atoms with Gasteiger partial charge in [0.1, 0.15) is 16.5 Å². The number of aromatic nitrogens is 2. The number of anilines is 1. The van der Waals surface area contributed by atoms with Crippen LogP contribution < -0.4 is 9.64 Å². The van der Waals surface area contributed by atoms with Crippen molar-refractivity contribution in [3.05, 3.63) is 75.3 Å². The maximum atomic E-state index is 13.0. The summed E-state index contributed by atoms with van der Waals surface area (Å²) in [4.78, 5) is 27.3. The summed E-state index contributed by atoms with van der Waals surface area (Å²) in [5, 5.41) is 20.5. The number of hydrogen-bond acceptors (Lipinski definition) is 7. The number of rotatable bonds is 5. The molecule has 4 rings (SSSR count). The van der Waals surface area contributed by atoms with Crippen LogP contribution in [0.5, 0.6) is 5.75 Å². The van der Waals surface area contributed by atoms with Gasteiger partial charge in [0.15, 0.2) is 0 Å². The van der Waals surface area contributed by atoms with Gasteiger partial charge in [-0.25, -0.2) is 0 Å². The van der Waals surface area contributed by atoms with Crippen molar-refractivity contribution in [3.63, 3.8) is 0 Å². The molecule has 2 heterocycles. The number of benzene rings is 2. The van der Waals surface area contributed by atoms with Crippen molar-refractivity contribution >= 4 is 45.5 Å². The summed E-state index contributed by atoms with van der Waals surface area (Å²) in [6, 6.07) is 12.6. The van der Waals surface area contributed by atoms with Gasteiger partial charge < -0.3 is 9.84 Å². The Hall–Kier alpha value is -3.23. The van der Waals surface area contributed by atoms with Gasteiger partial charge in [-0.2, -0.15) is 0 Å². The normalized spacial score (nSPS) is 17.9. The van der Waals surface area contributed by atoms with Gasteiger partial charge in [-0.1, -0.05) is 35.1 Å². The highest BCUT2D eigenvalue weighted by atomic mass is 35.5. The van der Waals surface area contributed by atoms with E-state index >= 15 is 0 Å². The second-order valence-electron chi connectivity index (χ2n) is 6.78. The number of Topliss-reactive ketones (excluding diaryl/α,β-unsaturated/α-hetero) is 1. The standard InChI is InChI=1S/C22H18ClN3O4S/c1-3-30-16-10-6-14(7-11-16)19(27)17-18(13-4-8-15(23)9-5-13)26(21(29)20(17)28)22-25-24-12(2)31-22/h4-11,18,27H,3H2,1-2H3/t18-/m0/s1. The number of aryl methyl sites for hydroxylation is 1. The highest BCUT2D eigenvalue weighted by Crippen LogP contribution is 2.43. The molecule has 1 aliphatic rings. The molecule has 1 atom stereocenters. The largest absolute Gasteiger partial charge is 0.507 e. The van der Waals surface area contributed by atoms with Gasteiger partial charge in [-0.15, -0.1) is 10.2 Å². The van der Waals surface area contributed by atoms with E-state index in [2.05, 4.69) is 10.2 Å². The smallest absolute Gasteiger partial charge is 0.301 e. The van der Waals surface area contributed by atoms with E-state index in [0.717, 1.165) is 0 Å². The van der Waals surface area contributed by atoms with Crippen molar-refractivity contribution in [2.24, 2.45) is 0 Å². The number of ether oxygens (including phenoxy) is 1. The fourth-order valence-corrected chi connectivity index (χ4v) is 4.25. The number of ketones is 1. The van der Waals surface area contributed by atoms with Crippen molar-refractivity contribution in [2.75, 3.05) is 11.5 Å². The average molecular weight is 456 g/mol. The fraction of sp³-hybridized carbons (Fsp3) is 0.182. The third-order valence-corrected chi connectivity index (χ3v) is 5.88. The molecule has 1 aliphatic heterocycles. The lowest BCUT2D eigenvalue weighted by molar-refractivity contribution is -0.132. The summed E-state index contributed by atoms with van der Waals surface area (Å²) in [5.74, 6) is -1.20. The minimum Gasteiger partial charge on any atom is -0.507 e. The number of aliphatic hydroxyl groups excluding tert-OH is 1. The van der Waals surface area contributed by atoms with Crippen LogP contribution in [0.1, 0.15) is 29.1 Å². The number of carbonyl (C=O) groups excluding carboxylic acids is 2. The zero-order valence-electron chi connectivity index (χ0n) is 16.7. The quantitative estimate of drug-likeness (QED) is 0.345. The first-order valence-corrected chi connectivity index (χ1v) is 10.7. The molecule has 1 aromatic heterocycles. The molecule has 1 fully saturated rings. The van der Waals surface area contributed by atoms with Gasteiger partial charge in [0.25, 0.3) is 5.78 Å². The second kappa shape index (κ2) is 8.49. The molecule has 0 radical (unpaired) electrons. The minimum atomic E-state index is -0.865. The Labute approximate surface area is 187 Å². The Morgan fingerprint density at radius 2 is 1.81 bits per heavy atom. The van der Waals surface area contributed by atoms with Crippen molar-refractivity contribution < 1.29 is 19.4 Å². The number of hydrogen-bond donors (Lipinski definition) is 1. The van der Waals surface area contributed by atoms with Gasteiger partial charge in [-0.05, 0) is 55.8 Å². The van der Waals surface area contributed by atoms with Gasteiger partial charge in [-0.3, -0.25) is 14.5 Å². The van der Waals surface area contributed by atoms with Crippen LogP contribution in [0.2, 0.25) is 5.02 Å². The number of amides is 1. The van der Waals surface area contributed by atoms with E-state index in [1.165, 1.54) is 16.2 Å². The van der Waals surface area contributed by atoms with E-state index in [1.807, 2.05) is 6.92 Å². The molecule has 1 saturated heterocycles. The summed E-state index contributed by atoms with van der Waals surface area (Å²) < 4.78 is 5.43. The van der Waals surface area contributed by atoms with Crippen molar-refractivity contribution in [1.82, 2.24) is 10.2 Å². The first-order valence-electron chi connectivity index (χ1n) is 9.50. The van der Waals surface area contributed by atoms with Gasteiger partial charge >= 0.3 is 5.91 Å². The molecule has 0 spiro atoms. The lowest BCUT2D eigenvalue weighted by Crippen LogP contribution is -2.29. The molecular formula is C22H18ClN3O4S. The number of nitrogens with zero attached hydrogens (tertiary/aromatic N) is 3. The first kappa shape index (κ1) is 21.0. The minimum absolute atomic E-state index is 0.0238. The molecule has 0 bridgehead atoms. The van der Waals surface area contributed by atoms with Crippen LogP contribution >= 0.6 is 22.9 Å². The molecule has 0 unspecified atom stereocenters. The third-order valence-electron chi connectivity index (χ3n) is 4.79. The molecule has 0 aliphatic carbocycles. The Bertz CT molecular complexity index is 1170. The van der Waals surface area contributed by atoms with E-state index in [0.29, 0.717) is 33.5 Å². The molecule has 0 saturated carbocycles. The van der Waals surface area contributed by atoms with Gasteiger partial charge in [0.2, 0.25) is 5.13 Å². The molecular weight excluding hydrogens is 438 g/mol. The molecule has 3 aromatic rings. The van der Waals surface area contributed by atoms with E-state index in [4.69, 9.17) is 16.3 Å². The van der Waals surface area contributed by atoms with Crippen molar-refractivity contribution in [3.8, 4) is 5.75 Å². The van der Waals surface area contributed by atoms with Crippen LogP contribution in [0.15, 0.2) is 54.1 Å². The molecule has 9 heteroatoms. The number of aliphatic hydroxyl groups is 1. The SMILES string of the molecule is CCOc1ccc(C(O)=C2C(=O)C(=O)N(c3nnc(C)s3)[C@H]2c2ccc(Cl)cc2)cc1. The Morgan fingerprint density at radius 1 is 1.13 bits per heavy atom. The topological polar surface area (TPSA) is 92.6 Å². The molecule has 7 nitrogen and oxygen atoms in total. The second-order valence-corrected chi connectivity index (χ2v) is 8.38. The predicted octanol–water partition coefficient (Wildman–Crippen LogP) is 4.52. The van der Waals surface area contributed by atoms with Gasteiger partial charge in [0, 0.05) is 10.6 Å².